The third-order valence-corrected chi connectivity index (χ3v) is 3.57. The molecule has 6 nitrogen and oxygen atoms in total. The van der Waals surface area contributed by atoms with E-state index in [-0.39, 0.29) is 11.8 Å². The molecule has 0 aliphatic heterocycles. The van der Waals surface area contributed by atoms with Crippen LogP contribution in [0.4, 0.5) is 5.82 Å². The van der Waals surface area contributed by atoms with Crippen molar-refractivity contribution in [3.63, 3.8) is 0 Å². The average Bonchev–Trinajstić information content (AvgIpc) is 3.31. The maximum Gasteiger partial charge on any atom is 0.249 e. The Morgan fingerprint density at radius 1 is 1.32 bits per heavy atom. The van der Waals surface area contributed by atoms with Gasteiger partial charge in [0.15, 0.2) is 0 Å². The molecule has 1 aliphatic carbocycles. The normalized spacial score (nSPS) is 13.7. The fraction of sp³-hybridized carbons (Fsp3) is 0.250. The van der Waals surface area contributed by atoms with Gasteiger partial charge in [-0.3, -0.25) is 14.6 Å². The van der Waals surface area contributed by atoms with Crippen LogP contribution in [0.1, 0.15) is 28.8 Å². The summed E-state index contributed by atoms with van der Waals surface area (Å²) in [5.74, 6) is -0.250. The Hall–Kier alpha value is -2.76. The molecule has 2 heterocycles. The Labute approximate surface area is 127 Å². The second-order valence-electron chi connectivity index (χ2n) is 5.46. The molecule has 0 spiro atoms. The van der Waals surface area contributed by atoms with Crippen molar-refractivity contribution in [3.8, 4) is 11.1 Å². The van der Waals surface area contributed by atoms with Crippen molar-refractivity contribution in [2.75, 3.05) is 5.32 Å². The van der Waals surface area contributed by atoms with Gasteiger partial charge in [-0.2, -0.15) is 0 Å². The van der Waals surface area contributed by atoms with Gasteiger partial charge in [0.2, 0.25) is 11.8 Å². The number of carbonyl (C=O) groups excluding carboxylic acids is 2. The van der Waals surface area contributed by atoms with Gasteiger partial charge < -0.3 is 11.1 Å². The number of primary amides is 1. The fourth-order valence-electron chi connectivity index (χ4n) is 2.31. The summed E-state index contributed by atoms with van der Waals surface area (Å²) in [6.07, 6.45) is 6.59. The Balaban J connectivity index is 2.10. The minimum atomic E-state index is -0.569. The van der Waals surface area contributed by atoms with Crippen molar-refractivity contribution in [1.82, 2.24) is 9.97 Å². The monoisotopic (exact) mass is 296 g/mol. The summed E-state index contributed by atoms with van der Waals surface area (Å²) < 4.78 is 0. The second kappa shape index (κ2) is 5.55. The molecule has 2 amide bonds. The number of hydrogen-bond acceptors (Lipinski definition) is 4. The highest BCUT2D eigenvalue weighted by Crippen LogP contribution is 2.33. The number of hydrogen-bond donors (Lipinski definition) is 2. The molecule has 2 aromatic heterocycles. The molecule has 0 radical (unpaired) electrons. The summed E-state index contributed by atoms with van der Waals surface area (Å²) >= 11 is 0. The van der Waals surface area contributed by atoms with E-state index in [0.29, 0.717) is 22.5 Å². The third kappa shape index (κ3) is 2.81. The van der Waals surface area contributed by atoms with Crippen molar-refractivity contribution in [3.05, 3.63) is 41.9 Å². The molecular formula is C16H16N4O2. The highest BCUT2D eigenvalue weighted by Gasteiger charge is 2.30. The first-order chi connectivity index (χ1) is 10.6. The molecule has 22 heavy (non-hydrogen) atoms. The molecule has 0 saturated heterocycles. The lowest BCUT2D eigenvalue weighted by Crippen LogP contribution is -2.18. The molecule has 6 heteroatoms. The lowest BCUT2D eigenvalue weighted by Gasteiger charge is -2.13. The van der Waals surface area contributed by atoms with Crippen LogP contribution < -0.4 is 11.1 Å². The highest BCUT2D eigenvalue weighted by atomic mass is 16.2. The van der Waals surface area contributed by atoms with E-state index in [4.69, 9.17) is 5.73 Å². The Kier molecular flexibility index (Phi) is 3.58. The number of nitrogens with two attached hydrogens (primary N) is 1. The van der Waals surface area contributed by atoms with Crippen LogP contribution in [0.3, 0.4) is 0 Å². The zero-order valence-electron chi connectivity index (χ0n) is 12.2. The highest BCUT2D eigenvalue weighted by molar-refractivity contribution is 6.05. The van der Waals surface area contributed by atoms with Crippen molar-refractivity contribution < 1.29 is 9.59 Å². The molecule has 3 N–H and O–H groups in total. The Morgan fingerprint density at radius 2 is 2.09 bits per heavy atom. The molecular weight excluding hydrogens is 280 g/mol. The van der Waals surface area contributed by atoms with Gasteiger partial charge in [0.05, 0.1) is 5.56 Å². The van der Waals surface area contributed by atoms with E-state index in [0.717, 1.165) is 18.4 Å². The van der Waals surface area contributed by atoms with Crippen LogP contribution in [-0.2, 0) is 4.79 Å². The van der Waals surface area contributed by atoms with Gasteiger partial charge in [-0.15, -0.1) is 0 Å². The third-order valence-electron chi connectivity index (χ3n) is 3.57. The topological polar surface area (TPSA) is 98.0 Å². The first-order valence-electron chi connectivity index (χ1n) is 7.08. The molecule has 0 atom stereocenters. The molecule has 2 aromatic rings. The number of nitrogens with one attached hydrogen (secondary N) is 1. The minimum Gasteiger partial charge on any atom is -0.366 e. The fourth-order valence-corrected chi connectivity index (χ4v) is 2.31. The smallest absolute Gasteiger partial charge is 0.249 e. The second-order valence-corrected chi connectivity index (χ2v) is 5.46. The zero-order chi connectivity index (χ0) is 15.7. The van der Waals surface area contributed by atoms with Crippen LogP contribution in [0, 0.1) is 12.8 Å². The average molecular weight is 296 g/mol. The molecule has 0 unspecified atom stereocenters. The number of nitrogens with zero attached hydrogens (tertiary/aromatic N) is 2. The summed E-state index contributed by atoms with van der Waals surface area (Å²) in [5.41, 5.74) is 7.93. The standard InChI is InChI=1S/C16H16N4O2/c1-9-6-11(8-18-7-9)13-12(14(17)21)4-5-19-15(13)20-16(22)10-2-3-10/h4-8,10H,2-3H2,1H3,(H2,17,21)(H,19,20,22). The first-order valence-corrected chi connectivity index (χ1v) is 7.08. The molecule has 1 aliphatic rings. The summed E-state index contributed by atoms with van der Waals surface area (Å²) in [7, 11) is 0. The molecule has 112 valence electrons. The Morgan fingerprint density at radius 3 is 2.73 bits per heavy atom. The van der Waals surface area contributed by atoms with Gasteiger partial charge in [-0.25, -0.2) is 4.98 Å². The van der Waals surface area contributed by atoms with Gasteiger partial charge in [0, 0.05) is 35.6 Å². The van der Waals surface area contributed by atoms with Crippen molar-refractivity contribution in [2.45, 2.75) is 19.8 Å². The molecule has 3 rings (SSSR count). The van der Waals surface area contributed by atoms with Gasteiger partial charge >= 0.3 is 0 Å². The Bertz CT molecular complexity index is 754. The van der Waals surface area contributed by atoms with Crippen LogP contribution in [0.25, 0.3) is 11.1 Å². The van der Waals surface area contributed by atoms with Crippen LogP contribution in [0.15, 0.2) is 30.7 Å². The largest absolute Gasteiger partial charge is 0.366 e. The maximum absolute atomic E-state index is 12.0. The van der Waals surface area contributed by atoms with Gasteiger partial charge in [0.1, 0.15) is 5.82 Å². The predicted molar refractivity (Wildman–Crippen MR) is 82.1 cm³/mol. The van der Waals surface area contributed by atoms with E-state index in [1.165, 1.54) is 6.20 Å². The lowest BCUT2D eigenvalue weighted by atomic mass is 10.0. The van der Waals surface area contributed by atoms with E-state index >= 15 is 0 Å². The molecule has 1 saturated carbocycles. The summed E-state index contributed by atoms with van der Waals surface area (Å²) in [5, 5.41) is 2.80. The van der Waals surface area contributed by atoms with E-state index < -0.39 is 5.91 Å². The predicted octanol–water partition coefficient (Wildman–Crippen LogP) is 1.90. The lowest BCUT2D eigenvalue weighted by molar-refractivity contribution is -0.117. The van der Waals surface area contributed by atoms with E-state index in [2.05, 4.69) is 15.3 Å². The quantitative estimate of drug-likeness (QED) is 0.900. The maximum atomic E-state index is 12.0. The summed E-state index contributed by atoms with van der Waals surface area (Å²) in [6, 6.07) is 3.43. The van der Waals surface area contributed by atoms with Crippen molar-refractivity contribution in [1.29, 1.82) is 0 Å². The van der Waals surface area contributed by atoms with Crippen LogP contribution in [0.5, 0.6) is 0 Å². The van der Waals surface area contributed by atoms with Gasteiger partial charge in [0.25, 0.3) is 0 Å². The minimum absolute atomic E-state index is 0.0440. The summed E-state index contributed by atoms with van der Waals surface area (Å²) in [6.45, 7) is 1.90. The number of pyridine rings is 2. The van der Waals surface area contributed by atoms with Crippen LogP contribution in [0.2, 0.25) is 0 Å². The van der Waals surface area contributed by atoms with E-state index in [1.54, 1.807) is 18.5 Å². The summed E-state index contributed by atoms with van der Waals surface area (Å²) in [4.78, 5) is 32.1. The van der Waals surface area contributed by atoms with Gasteiger partial charge in [-0.1, -0.05) is 0 Å². The van der Waals surface area contributed by atoms with Crippen LogP contribution in [-0.4, -0.2) is 21.8 Å². The van der Waals surface area contributed by atoms with Crippen molar-refractivity contribution in [2.24, 2.45) is 11.7 Å². The number of rotatable bonds is 4. The number of aromatic nitrogens is 2. The van der Waals surface area contributed by atoms with E-state index in [9.17, 15) is 9.59 Å². The first kappa shape index (κ1) is 14.2. The zero-order valence-corrected chi connectivity index (χ0v) is 12.2. The number of aryl methyl sites for hydroxylation is 1. The van der Waals surface area contributed by atoms with Gasteiger partial charge in [-0.05, 0) is 37.5 Å². The number of carbonyl (C=O) groups is 2. The number of anilines is 1. The van der Waals surface area contributed by atoms with Crippen molar-refractivity contribution >= 4 is 17.6 Å². The van der Waals surface area contributed by atoms with E-state index in [1.807, 2.05) is 13.0 Å². The SMILES string of the molecule is Cc1cncc(-c2c(C(N)=O)ccnc2NC(=O)C2CC2)c1. The molecule has 1 fully saturated rings. The molecule has 0 aromatic carbocycles. The van der Waals surface area contributed by atoms with Crippen LogP contribution >= 0.6 is 0 Å². The number of amides is 2. The molecule has 0 bridgehead atoms.